The Bertz CT molecular complexity index is 916. The topological polar surface area (TPSA) is 104 Å². The van der Waals surface area contributed by atoms with Crippen molar-refractivity contribution in [3.63, 3.8) is 0 Å². The molecule has 0 amide bonds. The standard InChI is InChI=1S/C23H32N6O3/c30-19(31)17-7-1-2-8-18(17)23(32)20(27-11-3-4-12-27)25-22(29-13-5-6-14-29)26-21(23)28-15-9-24-10-16-28/h1-2,7-8,21,24,32H,3-6,9-16H2,(H,30,31). The summed E-state index contributed by atoms with van der Waals surface area (Å²) in [5, 5.41) is 25.9. The molecule has 0 aliphatic carbocycles. The molecule has 32 heavy (non-hydrogen) atoms. The first-order valence-corrected chi connectivity index (χ1v) is 11.8. The maximum Gasteiger partial charge on any atom is 0.336 e. The van der Waals surface area contributed by atoms with Crippen molar-refractivity contribution in [2.45, 2.75) is 37.5 Å². The van der Waals surface area contributed by atoms with Crippen molar-refractivity contribution in [2.24, 2.45) is 9.98 Å². The zero-order chi connectivity index (χ0) is 22.1. The van der Waals surface area contributed by atoms with Gasteiger partial charge in [-0.25, -0.2) is 9.79 Å². The largest absolute Gasteiger partial charge is 0.478 e. The minimum Gasteiger partial charge on any atom is -0.478 e. The molecule has 0 spiro atoms. The monoisotopic (exact) mass is 440 g/mol. The van der Waals surface area contributed by atoms with Crippen molar-refractivity contribution in [1.29, 1.82) is 0 Å². The average molecular weight is 441 g/mol. The Hall–Kier alpha value is -2.49. The molecular formula is C23H32N6O3. The third kappa shape index (κ3) is 3.68. The number of piperazine rings is 1. The minimum absolute atomic E-state index is 0.0989. The van der Waals surface area contributed by atoms with E-state index in [1.54, 1.807) is 24.3 Å². The van der Waals surface area contributed by atoms with E-state index in [1.807, 2.05) is 0 Å². The van der Waals surface area contributed by atoms with Gasteiger partial charge in [0, 0.05) is 57.9 Å². The number of guanidine groups is 1. The number of amidine groups is 1. The Kier molecular flexibility index (Phi) is 5.88. The molecule has 3 N–H and O–H groups in total. The fraction of sp³-hybridized carbons (Fsp3) is 0.609. The number of hydrogen-bond donors (Lipinski definition) is 3. The molecule has 0 saturated carbocycles. The van der Waals surface area contributed by atoms with Gasteiger partial charge in [0.15, 0.2) is 5.60 Å². The number of likely N-dealkylation sites (tertiary alicyclic amines) is 2. The molecule has 0 bridgehead atoms. The molecule has 4 aliphatic rings. The number of nitrogens with one attached hydrogen (secondary N) is 1. The molecule has 1 aromatic rings. The predicted octanol–water partition coefficient (Wildman–Crippen LogP) is 0.763. The maximum atomic E-state index is 12.5. The van der Waals surface area contributed by atoms with E-state index in [2.05, 4.69) is 20.0 Å². The Morgan fingerprint density at radius 2 is 1.59 bits per heavy atom. The van der Waals surface area contributed by atoms with Gasteiger partial charge in [0.25, 0.3) is 0 Å². The second-order valence-corrected chi connectivity index (χ2v) is 9.03. The lowest BCUT2D eigenvalue weighted by atomic mass is 9.83. The Morgan fingerprint density at radius 1 is 0.969 bits per heavy atom. The summed E-state index contributed by atoms with van der Waals surface area (Å²) in [6, 6.07) is 6.77. The average Bonchev–Trinajstić information content (AvgIpc) is 3.54. The molecule has 4 heterocycles. The van der Waals surface area contributed by atoms with Crippen LogP contribution in [0.1, 0.15) is 41.6 Å². The molecule has 5 rings (SSSR count). The first-order valence-electron chi connectivity index (χ1n) is 11.8. The fourth-order valence-electron chi connectivity index (χ4n) is 5.37. The van der Waals surface area contributed by atoms with Gasteiger partial charge in [-0.1, -0.05) is 18.2 Å². The molecule has 172 valence electrons. The number of nitrogens with zero attached hydrogens (tertiary/aromatic N) is 5. The lowest BCUT2D eigenvalue weighted by molar-refractivity contribution is -0.0112. The normalized spacial score (nSPS) is 29.2. The molecule has 4 aliphatic heterocycles. The highest BCUT2D eigenvalue weighted by molar-refractivity contribution is 6.05. The van der Waals surface area contributed by atoms with E-state index in [9.17, 15) is 15.0 Å². The predicted molar refractivity (Wildman–Crippen MR) is 122 cm³/mol. The van der Waals surface area contributed by atoms with E-state index in [0.717, 1.165) is 78.0 Å². The molecule has 3 saturated heterocycles. The summed E-state index contributed by atoms with van der Waals surface area (Å²) in [6.45, 7) is 6.49. The van der Waals surface area contributed by atoms with Crippen LogP contribution in [0.2, 0.25) is 0 Å². The molecule has 3 fully saturated rings. The van der Waals surface area contributed by atoms with Gasteiger partial charge in [0.05, 0.1) is 5.56 Å². The summed E-state index contributed by atoms with van der Waals surface area (Å²) >= 11 is 0. The van der Waals surface area contributed by atoms with Gasteiger partial charge >= 0.3 is 5.97 Å². The van der Waals surface area contributed by atoms with E-state index in [0.29, 0.717) is 17.4 Å². The van der Waals surface area contributed by atoms with Gasteiger partial charge in [-0.05, 0) is 31.7 Å². The van der Waals surface area contributed by atoms with Gasteiger partial charge in [-0.3, -0.25) is 4.90 Å². The van der Waals surface area contributed by atoms with E-state index in [4.69, 9.17) is 9.98 Å². The third-order valence-electron chi connectivity index (χ3n) is 7.02. The fourth-order valence-corrected chi connectivity index (χ4v) is 5.37. The summed E-state index contributed by atoms with van der Waals surface area (Å²) in [7, 11) is 0. The van der Waals surface area contributed by atoms with E-state index >= 15 is 0 Å². The van der Waals surface area contributed by atoms with Crippen LogP contribution in [0.4, 0.5) is 0 Å². The second-order valence-electron chi connectivity index (χ2n) is 9.03. The van der Waals surface area contributed by atoms with Crippen LogP contribution in [0.3, 0.4) is 0 Å². The summed E-state index contributed by atoms with van der Waals surface area (Å²) in [4.78, 5) is 28.7. The minimum atomic E-state index is -1.64. The highest BCUT2D eigenvalue weighted by Gasteiger charge is 2.53. The molecule has 0 aromatic heterocycles. The van der Waals surface area contributed by atoms with Crippen molar-refractivity contribution >= 4 is 17.8 Å². The number of carbonyl (C=O) groups is 1. The van der Waals surface area contributed by atoms with Crippen LogP contribution in [-0.2, 0) is 5.60 Å². The summed E-state index contributed by atoms with van der Waals surface area (Å²) < 4.78 is 0. The van der Waals surface area contributed by atoms with Crippen molar-refractivity contribution < 1.29 is 15.0 Å². The highest BCUT2D eigenvalue weighted by Crippen LogP contribution is 2.38. The van der Waals surface area contributed by atoms with Crippen LogP contribution < -0.4 is 5.32 Å². The van der Waals surface area contributed by atoms with Crippen LogP contribution in [0.5, 0.6) is 0 Å². The van der Waals surface area contributed by atoms with E-state index in [1.165, 1.54) is 0 Å². The zero-order valence-corrected chi connectivity index (χ0v) is 18.4. The van der Waals surface area contributed by atoms with Gasteiger partial charge in [-0.2, -0.15) is 4.99 Å². The first kappa shape index (κ1) is 21.4. The van der Waals surface area contributed by atoms with Crippen molar-refractivity contribution in [3.8, 4) is 0 Å². The van der Waals surface area contributed by atoms with Gasteiger partial charge in [0.1, 0.15) is 12.0 Å². The number of carboxylic acids is 1. The molecule has 2 unspecified atom stereocenters. The number of rotatable bonds is 3. The molecule has 9 heteroatoms. The van der Waals surface area contributed by atoms with Gasteiger partial charge in [-0.15, -0.1) is 0 Å². The van der Waals surface area contributed by atoms with Crippen LogP contribution in [-0.4, -0.2) is 101 Å². The third-order valence-corrected chi connectivity index (χ3v) is 7.02. The molecule has 9 nitrogen and oxygen atoms in total. The number of aliphatic imine (C=N–C) groups is 2. The Morgan fingerprint density at radius 3 is 2.25 bits per heavy atom. The van der Waals surface area contributed by atoms with Crippen molar-refractivity contribution in [1.82, 2.24) is 20.0 Å². The van der Waals surface area contributed by atoms with Crippen LogP contribution >= 0.6 is 0 Å². The van der Waals surface area contributed by atoms with Crippen LogP contribution in [0, 0.1) is 0 Å². The lowest BCUT2D eigenvalue weighted by Gasteiger charge is -2.47. The smallest absolute Gasteiger partial charge is 0.336 e. The molecular weight excluding hydrogens is 408 g/mol. The lowest BCUT2D eigenvalue weighted by Crippen LogP contribution is -2.64. The summed E-state index contributed by atoms with van der Waals surface area (Å²) in [5.74, 6) is 0.165. The zero-order valence-electron chi connectivity index (χ0n) is 18.4. The quantitative estimate of drug-likeness (QED) is 0.638. The Balaban J connectivity index is 1.68. The maximum absolute atomic E-state index is 12.5. The number of hydrogen-bond acceptors (Lipinski definition) is 8. The SMILES string of the molecule is O=C(O)c1ccccc1C1(O)C(N2CCCC2)=NC(N2CCCC2)=NC1N1CCNCC1. The van der Waals surface area contributed by atoms with Gasteiger partial charge < -0.3 is 25.3 Å². The van der Waals surface area contributed by atoms with Crippen LogP contribution in [0.25, 0.3) is 0 Å². The molecule has 0 radical (unpaired) electrons. The van der Waals surface area contributed by atoms with Crippen LogP contribution in [0.15, 0.2) is 34.3 Å². The summed E-state index contributed by atoms with van der Waals surface area (Å²) in [6.07, 6.45) is 3.65. The highest BCUT2D eigenvalue weighted by atomic mass is 16.4. The van der Waals surface area contributed by atoms with Crippen molar-refractivity contribution in [2.75, 3.05) is 52.4 Å². The number of benzene rings is 1. The second kappa shape index (κ2) is 8.80. The summed E-state index contributed by atoms with van der Waals surface area (Å²) in [5.41, 5.74) is -1.17. The van der Waals surface area contributed by atoms with E-state index < -0.39 is 17.7 Å². The first-order chi connectivity index (χ1) is 15.6. The van der Waals surface area contributed by atoms with E-state index in [-0.39, 0.29) is 5.56 Å². The number of aliphatic hydroxyl groups is 1. The Labute approximate surface area is 188 Å². The molecule has 1 aromatic carbocycles. The number of aromatic carboxylic acids is 1. The van der Waals surface area contributed by atoms with Gasteiger partial charge in [0.2, 0.25) is 5.96 Å². The van der Waals surface area contributed by atoms with Crippen molar-refractivity contribution in [3.05, 3.63) is 35.4 Å². The number of carboxylic acid groups (broad SMARTS) is 1. The molecule has 2 atom stereocenters.